The van der Waals surface area contributed by atoms with Gasteiger partial charge in [0.15, 0.2) is 6.29 Å². The van der Waals surface area contributed by atoms with Crippen molar-refractivity contribution < 1.29 is 23.7 Å². The van der Waals surface area contributed by atoms with E-state index in [-0.39, 0.29) is 24.4 Å². The smallest absolute Gasteiger partial charge is 0.186 e. The van der Waals surface area contributed by atoms with Crippen LogP contribution in [0.1, 0.15) is 108 Å². The van der Waals surface area contributed by atoms with Gasteiger partial charge in [0.2, 0.25) is 0 Å². The van der Waals surface area contributed by atoms with Crippen LogP contribution in [0.3, 0.4) is 0 Å². The summed E-state index contributed by atoms with van der Waals surface area (Å²) < 4.78 is 33.1. The molecule has 1 saturated heterocycles. The molecule has 0 radical (unpaired) electrons. The van der Waals surface area contributed by atoms with E-state index < -0.39 is 6.29 Å². The molecule has 1 rings (SSSR count). The second-order valence-corrected chi connectivity index (χ2v) is 13.8. The molecule has 5 atom stereocenters. The predicted octanol–water partition coefficient (Wildman–Crippen LogP) is 4.87. The number of rotatable bonds is 27. The molecule has 0 aliphatic carbocycles. The topological polar surface area (TPSA) is 94.3 Å². The zero-order valence-corrected chi connectivity index (χ0v) is 29.7. The number of nitrogens with one attached hydrogen (secondary N) is 4. The van der Waals surface area contributed by atoms with Gasteiger partial charge in [-0.1, -0.05) is 82.1 Å². The zero-order chi connectivity index (χ0) is 32.0. The molecule has 1 aliphatic rings. The van der Waals surface area contributed by atoms with Gasteiger partial charge in [-0.3, -0.25) is 0 Å². The molecule has 258 valence electrons. The summed E-state index contributed by atoms with van der Waals surface area (Å²) in [6, 6.07) is 1.69. The van der Waals surface area contributed by atoms with Crippen molar-refractivity contribution >= 4 is 0 Å². The Morgan fingerprint density at radius 3 is 1.42 bits per heavy atom. The Bertz CT molecular complexity index is 638. The molecule has 9 nitrogen and oxygen atoms in total. The molecule has 1 heterocycles. The Balaban J connectivity index is 3.12. The van der Waals surface area contributed by atoms with Crippen LogP contribution >= 0.6 is 0 Å². The Labute approximate surface area is 266 Å². The van der Waals surface area contributed by atoms with Crippen molar-refractivity contribution in [2.45, 2.75) is 163 Å². The Hall–Kier alpha value is -0.360. The monoisotopic (exact) mass is 617 g/mol. The van der Waals surface area contributed by atoms with E-state index >= 15 is 0 Å². The number of hydrogen-bond acceptors (Lipinski definition) is 9. The molecule has 0 spiro atoms. The third kappa shape index (κ3) is 20.4. The van der Waals surface area contributed by atoms with Crippen LogP contribution in [0.15, 0.2) is 0 Å². The fourth-order valence-electron chi connectivity index (χ4n) is 5.00. The first kappa shape index (κ1) is 40.7. The summed E-state index contributed by atoms with van der Waals surface area (Å²) in [5.74, 6) is 0.702. The number of ether oxygens (including phenoxy) is 5. The van der Waals surface area contributed by atoms with Crippen LogP contribution in [-0.2, 0) is 23.7 Å². The van der Waals surface area contributed by atoms with Crippen molar-refractivity contribution in [2.75, 3.05) is 52.6 Å². The highest BCUT2D eigenvalue weighted by Crippen LogP contribution is 2.30. The van der Waals surface area contributed by atoms with Crippen LogP contribution in [0.2, 0.25) is 0 Å². The molecule has 1 aliphatic heterocycles. The van der Waals surface area contributed by atoms with Gasteiger partial charge in [0, 0.05) is 50.5 Å². The maximum atomic E-state index is 6.71. The summed E-state index contributed by atoms with van der Waals surface area (Å²) in [5, 5.41) is 14.1. The van der Waals surface area contributed by atoms with Gasteiger partial charge < -0.3 is 45.0 Å². The molecule has 0 aromatic heterocycles. The van der Waals surface area contributed by atoms with Gasteiger partial charge in [-0.2, -0.15) is 0 Å². The second kappa shape index (κ2) is 24.8. The summed E-state index contributed by atoms with van der Waals surface area (Å²) in [6.45, 7) is 27.8. The van der Waals surface area contributed by atoms with Crippen LogP contribution in [0.25, 0.3) is 0 Å². The molecular weight excluding hydrogens is 544 g/mol. The van der Waals surface area contributed by atoms with Crippen molar-refractivity contribution in [3.8, 4) is 0 Å². The molecule has 9 heteroatoms. The highest BCUT2D eigenvalue weighted by molar-refractivity contribution is 4.94. The van der Waals surface area contributed by atoms with Gasteiger partial charge >= 0.3 is 0 Å². The fraction of sp³-hybridized carbons (Fsp3) is 1.00. The van der Waals surface area contributed by atoms with E-state index in [1.165, 1.54) is 6.42 Å². The molecular formula is C34H72N4O5. The van der Waals surface area contributed by atoms with Crippen LogP contribution in [-0.4, -0.2) is 107 Å². The molecule has 0 saturated carbocycles. The van der Waals surface area contributed by atoms with E-state index in [9.17, 15) is 0 Å². The van der Waals surface area contributed by atoms with Crippen LogP contribution in [0, 0.1) is 5.92 Å². The highest BCUT2D eigenvalue weighted by Gasteiger charge is 2.48. The lowest BCUT2D eigenvalue weighted by molar-refractivity contribution is -0.317. The lowest BCUT2D eigenvalue weighted by Gasteiger charge is -2.46. The molecule has 0 bridgehead atoms. The van der Waals surface area contributed by atoms with Crippen molar-refractivity contribution in [3.63, 3.8) is 0 Å². The highest BCUT2D eigenvalue weighted by atomic mass is 16.7. The second-order valence-electron chi connectivity index (χ2n) is 13.8. The quantitative estimate of drug-likeness (QED) is 0.0965. The summed E-state index contributed by atoms with van der Waals surface area (Å²) in [7, 11) is 0. The van der Waals surface area contributed by atoms with Crippen molar-refractivity contribution in [2.24, 2.45) is 5.92 Å². The fourth-order valence-corrected chi connectivity index (χ4v) is 5.00. The van der Waals surface area contributed by atoms with Gasteiger partial charge in [-0.25, -0.2) is 0 Å². The molecule has 0 amide bonds. The molecule has 5 unspecified atom stereocenters. The Morgan fingerprint density at radius 2 is 0.930 bits per heavy atom. The van der Waals surface area contributed by atoms with Crippen molar-refractivity contribution in [3.05, 3.63) is 0 Å². The van der Waals surface area contributed by atoms with E-state index in [4.69, 9.17) is 23.7 Å². The first-order valence-corrected chi connectivity index (χ1v) is 17.6. The predicted molar refractivity (Wildman–Crippen MR) is 179 cm³/mol. The van der Waals surface area contributed by atoms with Crippen LogP contribution < -0.4 is 21.3 Å². The Kier molecular flexibility index (Phi) is 23.5. The molecule has 1 fully saturated rings. The number of hydrogen-bond donors (Lipinski definition) is 4. The lowest BCUT2D eigenvalue weighted by atomic mass is 9.97. The average molecular weight is 617 g/mol. The first-order valence-electron chi connectivity index (χ1n) is 17.6. The minimum atomic E-state index is -0.518. The molecule has 43 heavy (non-hydrogen) atoms. The average Bonchev–Trinajstić information content (AvgIpc) is 2.92. The van der Waals surface area contributed by atoms with Crippen LogP contribution in [0.5, 0.6) is 0 Å². The summed E-state index contributed by atoms with van der Waals surface area (Å²) in [6.07, 6.45) is 4.51. The first-order chi connectivity index (χ1) is 20.5. The van der Waals surface area contributed by atoms with E-state index in [0.29, 0.717) is 63.1 Å². The third-order valence-electron chi connectivity index (χ3n) is 7.33. The van der Waals surface area contributed by atoms with Gasteiger partial charge in [0.1, 0.15) is 24.4 Å². The SMILES string of the molecule is CC(C)CCCCOC1C(CNC(C)C)OC(OCCCNC(C)C)C(OCCCNC(C)C)C1OCCCNC(C)C. The maximum absolute atomic E-state index is 6.71. The van der Waals surface area contributed by atoms with Crippen molar-refractivity contribution in [1.29, 1.82) is 0 Å². The maximum Gasteiger partial charge on any atom is 0.186 e. The Morgan fingerprint density at radius 1 is 0.488 bits per heavy atom. The minimum absolute atomic E-state index is 0.201. The van der Waals surface area contributed by atoms with Gasteiger partial charge in [-0.05, 0) is 51.2 Å². The summed E-state index contributed by atoms with van der Waals surface area (Å²) >= 11 is 0. The summed E-state index contributed by atoms with van der Waals surface area (Å²) in [4.78, 5) is 0. The molecule has 4 N–H and O–H groups in total. The van der Waals surface area contributed by atoms with E-state index in [0.717, 1.165) is 51.7 Å². The van der Waals surface area contributed by atoms with Gasteiger partial charge in [0.05, 0.1) is 6.61 Å². The molecule has 0 aromatic rings. The van der Waals surface area contributed by atoms with Gasteiger partial charge in [-0.15, -0.1) is 0 Å². The largest absolute Gasteiger partial charge is 0.373 e. The van der Waals surface area contributed by atoms with E-state index in [1.54, 1.807) is 0 Å². The zero-order valence-electron chi connectivity index (χ0n) is 29.7. The lowest BCUT2D eigenvalue weighted by Crippen LogP contribution is -2.63. The normalized spacial score (nSPS) is 23.1. The van der Waals surface area contributed by atoms with E-state index in [2.05, 4.69) is 90.5 Å². The van der Waals surface area contributed by atoms with E-state index in [1.807, 2.05) is 0 Å². The minimum Gasteiger partial charge on any atom is -0.373 e. The van der Waals surface area contributed by atoms with Crippen molar-refractivity contribution in [1.82, 2.24) is 21.3 Å². The standard InChI is InChI=1S/C34H72N4O5/c1-25(2)16-11-12-20-39-31-30(24-38-29(9)10)43-34(42-23-15-19-37-28(7)8)33(41-22-14-18-36-27(5)6)32(31)40-21-13-17-35-26(3)4/h25-38H,11-24H2,1-10H3. The van der Waals surface area contributed by atoms with Crippen LogP contribution in [0.4, 0.5) is 0 Å². The molecule has 0 aromatic carbocycles. The number of unbranched alkanes of at least 4 members (excludes halogenated alkanes) is 1. The third-order valence-corrected chi connectivity index (χ3v) is 7.33. The van der Waals surface area contributed by atoms with Gasteiger partial charge in [0.25, 0.3) is 0 Å². The summed E-state index contributed by atoms with van der Waals surface area (Å²) in [5.41, 5.74) is 0.